The van der Waals surface area contributed by atoms with Gasteiger partial charge in [0, 0.05) is 6.04 Å². The third-order valence-corrected chi connectivity index (χ3v) is 6.64. The molecule has 1 nitrogen and oxygen atoms in total. The van der Waals surface area contributed by atoms with E-state index < -0.39 is 0 Å². The van der Waals surface area contributed by atoms with Gasteiger partial charge in [-0.05, 0) is 75.2 Å². The van der Waals surface area contributed by atoms with Crippen molar-refractivity contribution in [1.82, 2.24) is 5.32 Å². The number of thiophene rings is 1. The van der Waals surface area contributed by atoms with Crippen LogP contribution in [0.5, 0.6) is 0 Å². The van der Waals surface area contributed by atoms with Crippen LogP contribution in [0.25, 0.3) is 0 Å². The van der Waals surface area contributed by atoms with Crippen LogP contribution in [0.4, 0.5) is 0 Å². The van der Waals surface area contributed by atoms with Crippen LogP contribution in [0, 0.1) is 5.92 Å². The van der Waals surface area contributed by atoms with E-state index in [0.717, 1.165) is 12.5 Å². The van der Waals surface area contributed by atoms with Gasteiger partial charge in [0.25, 0.3) is 0 Å². The van der Waals surface area contributed by atoms with Crippen molar-refractivity contribution in [3.63, 3.8) is 0 Å². The summed E-state index contributed by atoms with van der Waals surface area (Å²) < 4.78 is 2.52. The zero-order chi connectivity index (χ0) is 14.4. The van der Waals surface area contributed by atoms with E-state index in [1.807, 2.05) is 0 Å². The molecule has 1 aromatic heterocycles. The summed E-state index contributed by atoms with van der Waals surface area (Å²) >= 11 is 9.19. The highest BCUT2D eigenvalue weighted by Gasteiger charge is 2.26. The molecule has 2 rings (SSSR count). The minimum Gasteiger partial charge on any atom is -0.310 e. The van der Waals surface area contributed by atoms with Gasteiger partial charge in [0.2, 0.25) is 0 Å². The lowest BCUT2D eigenvalue weighted by atomic mass is 9.83. The Morgan fingerprint density at radius 1 is 1.20 bits per heavy atom. The van der Waals surface area contributed by atoms with E-state index in [-0.39, 0.29) is 0 Å². The van der Waals surface area contributed by atoms with Crippen molar-refractivity contribution in [2.45, 2.75) is 64.3 Å². The highest BCUT2D eigenvalue weighted by Crippen LogP contribution is 2.41. The molecule has 114 valence electrons. The molecule has 0 aromatic carbocycles. The van der Waals surface area contributed by atoms with Crippen LogP contribution in [0.3, 0.4) is 0 Å². The van der Waals surface area contributed by atoms with E-state index in [1.54, 1.807) is 11.3 Å². The molecule has 1 saturated carbocycles. The van der Waals surface area contributed by atoms with Crippen LogP contribution >= 0.6 is 43.2 Å². The van der Waals surface area contributed by atoms with Crippen LogP contribution in [0.1, 0.15) is 69.9 Å². The van der Waals surface area contributed by atoms with E-state index in [0.29, 0.717) is 6.04 Å². The molecule has 1 heterocycles. The van der Waals surface area contributed by atoms with Crippen molar-refractivity contribution in [2.75, 3.05) is 6.54 Å². The maximum Gasteiger partial charge on any atom is 0.0758 e. The zero-order valence-electron chi connectivity index (χ0n) is 12.3. The molecule has 0 spiro atoms. The third-order valence-electron chi connectivity index (χ3n) is 4.25. The lowest BCUT2D eigenvalue weighted by molar-refractivity contribution is 0.288. The minimum atomic E-state index is 0.518. The van der Waals surface area contributed by atoms with Crippen LogP contribution in [0.15, 0.2) is 13.6 Å². The molecular formula is C16H25Br2NS. The average Bonchev–Trinajstić information content (AvgIpc) is 2.71. The van der Waals surface area contributed by atoms with Gasteiger partial charge in [-0.25, -0.2) is 0 Å². The van der Waals surface area contributed by atoms with Gasteiger partial charge in [0.05, 0.1) is 7.57 Å². The van der Waals surface area contributed by atoms with Crippen molar-refractivity contribution >= 4 is 43.2 Å². The number of hydrogen-bond donors (Lipinski definition) is 1. The predicted octanol–water partition coefficient (Wildman–Crippen LogP) is 6.67. The summed E-state index contributed by atoms with van der Waals surface area (Å²) in [5.41, 5.74) is 1.46. The van der Waals surface area contributed by atoms with E-state index >= 15 is 0 Å². The molecule has 1 fully saturated rings. The molecule has 0 aliphatic heterocycles. The van der Waals surface area contributed by atoms with Gasteiger partial charge in [0.1, 0.15) is 0 Å². The first-order valence-electron chi connectivity index (χ1n) is 7.90. The molecule has 0 saturated heterocycles. The van der Waals surface area contributed by atoms with Crippen LogP contribution in [0.2, 0.25) is 0 Å². The summed E-state index contributed by atoms with van der Waals surface area (Å²) in [6, 6.07) is 2.82. The molecule has 1 aliphatic carbocycles. The second-order valence-corrected chi connectivity index (χ2v) is 9.57. The Morgan fingerprint density at radius 3 is 2.40 bits per heavy atom. The quantitative estimate of drug-likeness (QED) is 0.558. The SMILES string of the molecule is CCCNC(c1cc(Br)sc1Br)C1CCCCCCC1. The van der Waals surface area contributed by atoms with Crippen molar-refractivity contribution < 1.29 is 0 Å². The second kappa shape index (κ2) is 8.92. The smallest absolute Gasteiger partial charge is 0.0758 e. The van der Waals surface area contributed by atoms with Gasteiger partial charge in [0.15, 0.2) is 0 Å². The lowest BCUT2D eigenvalue weighted by Crippen LogP contribution is -2.29. The van der Waals surface area contributed by atoms with Crippen LogP contribution in [-0.2, 0) is 0 Å². The number of hydrogen-bond acceptors (Lipinski definition) is 2. The van der Waals surface area contributed by atoms with Crippen LogP contribution < -0.4 is 5.32 Å². The van der Waals surface area contributed by atoms with E-state index in [1.165, 1.54) is 64.5 Å². The summed E-state index contributed by atoms with van der Waals surface area (Å²) in [5.74, 6) is 0.791. The van der Waals surface area contributed by atoms with E-state index in [9.17, 15) is 0 Å². The first-order valence-corrected chi connectivity index (χ1v) is 10.3. The standard InChI is InChI=1S/C16H25Br2NS/c1-2-10-19-15(13-11-14(17)20-16(13)18)12-8-6-4-3-5-7-9-12/h11-12,15,19H,2-10H2,1H3. The maximum absolute atomic E-state index is 3.81. The van der Waals surface area contributed by atoms with E-state index in [2.05, 4.69) is 50.2 Å². The molecule has 1 aliphatic rings. The van der Waals surface area contributed by atoms with E-state index in [4.69, 9.17) is 0 Å². The number of rotatable bonds is 5. The van der Waals surface area contributed by atoms with Crippen molar-refractivity contribution in [3.05, 3.63) is 19.2 Å². The fourth-order valence-corrected chi connectivity index (χ4v) is 6.15. The Bertz CT molecular complexity index is 397. The molecule has 4 heteroatoms. The molecule has 0 bridgehead atoms. The first kappa shape index (κ1) is 17.0. The maximum atomic E-state index is 3.81. The van der Waals surface area contributed by atoms with Gasteiger partial charge in [-0.1, -0.05) is 39.0 Å². The zero-order valence-corrected chi connectivity index (χ0v) is 16.2. The molecule has 0 amide bonds. The Kier molecular flexibility index (Phi) is 7.57. The molecule has 1 N–H and O–H groups in total. The van der Waals surface area contributed by atoms with Gasteiger partial charge in [-0.15, -0.1) is 11.3 Å². The molecular weight excluding hydrogens is 398 g/mol. The highest BCUT2D eigenvalue weighted by molar-refractivity contribution is 9.12. The third kappa shape index (κ3) is 4.82. The number of nitrogens with one attached hydrogen (secondary N) is 1. The second-order valence-electron chi connectivity index (χ2n) is 5.82. The summed E-state index contributed by atoms with van der Waals surface area (Å²) in [5, 5.41) is 3.81. The molecule has 1 atom stereocenters. The molecule has 20 heavy (non-hydrogen) atoms. The van der Waals surface area contributed by atoms with Crippen molar-refractivity contribution in [1.29, 1.82) is 0 Å². The van der Waals surface area contributed by atoms with Crippen molar-refractivity contribution in [2.24, 2.45) is 5.92 Å². The van der Waals surface area contributed by atoms with Gasteiger partial charge < -0.3 is 5.32 Å². The average molecular weight is 423 g/mol. The Hall–Kier alpha value is 0.620. The number of halogens is 2. The fourth-order valence-electron chi connectivity index (χ4n) is 3.22. The normalized spacial score (nSPS) is 19.6. The molecule has 0 radical (unpaired) electrons. The Balaban J connectivity index is 2.14. The summed E-state index contributed by atoms with van der Waals surface area (Å²) in [7, 11) is 0. The molecule has 1 unspecified atom stereocenters. The minimum absolute atomic E-state index is 0.518. The molecule has 1 aromatic rings. The Morgan fingerprint density at radius 2 is 1.85 bits per heavy atom. The van der Waals surface area contributed by atoms with Crippen LogP contribution in [-0.4, -0.2) is 6.54 Å². The van der Waals surface area contributed by atoms with Crippen molar-refractivity contribution in [3.8, 4) is 0 Å². The van der Waals surface area contributed by atoms with Gasteiger partial charge in [-0.2, -0.15) is 0 Å². The lowest BCUT2D eigenvalue weighted by Gasteiger charge is -2.30. The summed E-state index contributed by atoms with van der Waals surface area (Å²) in [4.78, 5) is 0. The highest BCUT2D eigenvalue weighted by atomic mass is 79.9. The largest absolute Gasteiger partial charge is 0.310 e. The predicted molar refractivity (Wildman–Crippen MR) is 96.6 cm³/mol. The Labute approximate surface area is 144 Å². The monoisotopic (exact) mass is 421 g/mol. The summed E-state index contributed by atoms with van der Waals surface area (Å²) in [6.07, 6.45) is 11.0. The summed E-state index contributed by atoms with van der Waals surface area (Å²) in [6.45, 7) is 3.36. The topological polar surface area (TPSA) is 12.0 Å². The van der Waals surface area contributed by atoms with Gasteiger partial charge in [-0.3, -0.25) is 0 Å². The first-order chi connectivity index (χ1) is 9.72. The van der Waals surface area contributed by atoms with Gasteiger partial charge >= 0.3 is 0 Å². The fraction of sp³-hybridized carbons (Fsp3) is 0.750.